The van der Waals surface area contributed by atoms with Crippen molar-refractivity contribution < 1.29 is 0 Å². The van der Waals surface area contributed by atoms with E-state index in [1.807, 2.05) is 0 Å². The maximum atomic E-state index is 2.70. The van der Waals surface area contributed by atoms with Gasteiger partial charge in [-0.05, 0) is 6.42 Å². The Kier molecular flexibility index (Phi) is 5.14. The van der Waals surface area contributed by atoms with Crippen LogP contribution in [-0.4, -0.2) is 65.2 Å². The van der Waals surface area contributed by atoms with E-state index in [-0.39, 0.29) is 0 Å². The second-order valence-electron chi connectivity index (χ2n) is 4.19. The highest BCUT2D eigenvalue weighted by Gasteiger charge is 2.25. The van der Waals surface area contributed by atoms with Crippen molar-refractivity contribution in [3.8, 4) is 0 Å². The van der Waals surface area contributed by atoms with Gasteiger partial charge in [0.05, 0.1) is 6.17 Å². The highest BCUT2D eigenvalue weighted by Crippen LogP contribution is 2.20. The minimum absolute atomic E-state index is 0.729. The molecular formula is C11H22N2S2. The standard InChI is InChI=1S/C11H22N2S2/c1-2-11(12-3-7-14-8-4-12)13-5-9-15-10-6-13/h11H,2-10H2,1H3. The summed E-state index contributed by atoms with van der Waals surface area (Å²) in [5.74, 6) is 5.33. The molecule has 2 aliphatic heterocycles. The maximum Gasteiger partial charge on any atom is 0.0620 e. The quantitative estimate of drug-likeness (QED) is 0.749. The van der Waals surface area contributed by atoms with Gasteiger partial charge in [0.1, 0.15) is 0 Å². The molecule has 0 unspecified atom stereocenters. The molecule has 0 atom stereocenters. The molecule has 2 aliphatic rings. The Morgan fingerprint density at radius 2 is 1.27 bits per heavy atom. The number of nitrogens with zero attached hydrogens (tertiary/aromatic N) is 2. The first-order valence-electron chi connectivity index (χ1n) is 6.05. The van der Waals surface area contributed by atoms with Crippen molar-refractivity contribution in [2.24, 2.45) is 0 Å². The van der Waals surface area contributed by atoms with Gasteiger partial charge in [-0.3, -0.25) is 9.80 Å². The first-order chi connectivity index (χ1) is 7.42. The van der Waals surface area contributed by atoms with Crippen LogP contribution in [0.1, 0.15) is 13.3 Å². The van der Waals surface area contributed by atoms with Crippen LogP contribution in [0.2, 0.25) is 0 Å². The van der Waals surface area contributed by atoms with Gasteiger partial charge in [-0.15, -0.1) is 0 Å². The monoisotopic (exact) mass is 246 g/mol. The molecule has 2 heterocycles. The van der Waals surface area contributed by atoms with Crippen LogP contribution in [0.4, 0.5) is 0 Å². The van der Waals surface area contributed by atoms with E-state index in [1.54, 1.807) is 0 Å². The van der Waals surface area contributed by atoms with Crippen LogP contribution in [0.5, 0.6) is 0 Å². The van der Waals surface area contributed by atoms with Crippen molar-refractivity contribution in [2.75, 3.05) is 49.2 Å². The van der Waals surface area contributed by atoms with Gasteiger partial charge in [0, 0.05) is 49.2 Å². The molecule has 0 N–H and O–H groups in total. The number of hydrogen-bond acceptors (Lipinski definition) is 4. The molecule has 0 aliphatic carbocycles. The molecule has 0 bridgehead atoms. The van der Waals surface area contributed by atoms with Crippen LogP contribution < -0.4 is 0 Å². The van der Waals surface area contributed by atoms with Crippen molar-refractivity contribution >= 4 is 23.5 Å². The van der Waals surface area contributed by atoms with Crippen molar-refractivity contribution in [3.63, 3.8) is 0 Å². The van der Waals surface area contributed by atoms with E-state index in [4.69, 9.17) is 0 Å². The van der Waals surface area contributed by atoms with E-state index >= 15 is 0 Å². The molecule has 0 saturated carbocycles. The van der Waals surface area contributed by atoms with Crippen LogP contribution in [0.3, 0.4) is 0 Å². The molecule has 0 aromatic rings. The Labute approximate surface area is 102 Å². The highest BCUT2D eigenvalue weighted by molar-refractivity contribution is 7.99. The summed E-state index contributed by atoms with van der Waals surface area (Å²) in [4.78, 5) is 5.40. The summed E-state index contributed by atoms with van der Waals surface area (Å²) in [6.45, 7) is 7.54. The van der Waals surface area contributed by atoms with E-state index in [2.05, 4.69) is 40.2 Å². The molecule has 0 spiro atoms. The van der Waals surface area contributed by atoms with Gasteiger partial charge < -0.3 is 0 Å². The summed E-state index contributed by atoms with van der Waals surface area (Å²) < 4.78 is 0. The predicted molar refractivity (Wildman–Crippen MR) is 71.9 cm³/mol. The molecule has 0 amide bonds. The average molecular weight is 246 g/mol. The van der Waals surface area contributed by atoms with E-state index in [0.29, 0.717) is 0 Å². The molecule has 15 heavy (non-hydrogen) atoms. The molecule has 0 aromatic heterocycles. The number of rotatable bonds is 3. The van der Waals surface area contributed by atoms with Crippen LogP contribution in [-0.2, 0) is 0 Å². The third-order valence-corrected chi connectivity index (χ3v) is 5.18. The Morgan fingerprint density at radius 3 is 1.60 bits per heavy atom. The zero-order chi connectivity index (χ0) is 10.5. The van der Waals surface area contributed by atoms with Crippen LogP contribution >= 0.6 is 23.5 Å². The smallest absolute Gasteiger partial charge is 0.0620 e. The summed E-state index contributed by atoms with van der Waals surface area (Å²) in [5, 5.41) is 0. The molecule has 0 aromatic carbocycles. The summed E-state index contributed by atoms with van der Waals surface area (Å²) in [5.41, 5.74) is 0. The first-order valence-corrected chi connectivity index (χ1v) is 8.36. The van der Waals surface area contributed by atoms with Crippen molar-refractivity contribution in [2.45, 2.75) is 19.5 Å². The number of thioether (sulfide) groups is 2. The minimum atomic E-state index is 0.729. The number of hydrogen-bond donors (Lipinski definition) is 0. The van der Waals surface area contributed by atoms with Crippen LogP contribution in [0.15, 0.2) is 0 Å². The lowest BCUT2D eigenvalue weighted by atomic mass is 10.2. The molecule has 2 fully saturated rings. The molecule has 2 saturated heterocycles. The first kappa shape index (κ1) is 12.1. The van der Waals surface area contributed by atoms with Crippen LogP contribution in [0.25, 0.3) is 0 Å². The summed E-state index contributed by atoms with van der Waals surface area (Å²) in [6.07, 6.45) is 2.02. The van der Waals surface area contributed by atoms with Gasteiger partial charge in [-0.25, -0.2) is 0 Å². The lowest BCUT2D eigenvalue weighted by Crippen LogP contribution is -2.53. The molecule has 4 heteroatoms. The second kappa shape index (κ2) is 6.38. The lowest BCUT2D eigenvalue weighted by molar-refractivity contribution is 0.0534. The summed E-state index contributed by atoms with van der Waals surface area (Å²) >= 11 is 4.22. The predicted octanol–water partition coefficient (Wildman–Crippen LogP) is 1.82. The van der Waals surface area contributed by atoms with Crippen molar-refractivity contribution in [1.29, 1.82) is 0 Å². The fourth-order valence-corrected chi connectivity index (χ4v) is 4.36. The van der Waals surface area contributed by atoms with E-state index in [1.165, 1.54) is 55.6 Å². The van der Waals surface area contributed by atoms with E-state index in [0.717, 1.165) is 6.17 Å². The van der Waals surface area contributed by atoms with E-state index < -0.39 is 0 Å². The van der Waals surface area contributed by atoms with Crippen molar-refractivity contribution in [3.05, 3.63) is 0 Å². The third-order valence-electron chi connectivity index (χ3n) is 3.30. The van der Waals surface area contributed by atoms with Gasteiger partial charge in [-0.2, -0.15) is 23.5 Å². The largest absolute Gasteiger partial charge is 0.286 e. The Bertz CT molecular complexity index is 159. The third kappa shape index (κ3) is 3.29. The molecule has 88 valence electrons. The maximum absolute atomic E-state index is 2.70. The van der Waals surface area contributed by atoms with Gasteiger partial charge >= 0.3 is 0 Å². The molecule has 0 radical (unpaired) electrons. The second-order valence-corrected chi connectivity index (χ2v) is 6.64. The van der Waals surface area contributed by atoms with Gasteiger partial charge in [0.2, 0.25) is 0 Å². The summed E-state index contributed by atoms with van der Waals surface area (Å²) in [6, 6.07) is 0. The average Bonchev–Trinajstić information content (AvgIpc) is 2.33. The van der Waals surface area contributed by atoms with Crippen molar-refractivity contribution in [1.82, 2.24) is 9.80 Å². The fraction of sp³-hybridized carbons (Fsp3) is 1.00. The summed E-state index contributed by atoms with van der Waals surface area (Å²) in [7, 11) is 0. The Hall–Kier alpha value is 0.620. The van der Waals surface area contributed by atoms with Crippen LogP contribution in [0, 0.1) is 0 Å². The Balaban J connectivity index is 1.88. The van der Waals surface area contributed by atoms with Gasteiger partial charge in [-0.1, -0.05) is 6.92 Å². The molecule has 2 nitrogen and oxygen atoms in total. The normalized spacial score (nSPS) is 26.0. The Morgan fingerprint density at radius 1 is 0.867 bits per heavy atom. The van der Waals surface area contributed by atoms with Gasteiger partial charge in [0.25, 0.3) is 0 Å². The van der Waals surface area contributed by atoms with Gasteiger partial charge in [0.15, 0.2) is 0 Å². The molecular weight excluding hydrogens is 224 g/mol. The topological polar surface area (TPSA) is 6.48 Å². The fourth-order valence-electron chi connectivity index (χ4n) is 2.50. The zero-order valence-corrected chi connectivity index (χ0v) is 11.3. The van der Waals surface area contributed by atoms with E-state index in [9.17, 15) is 0 Å². The minimum Gasteiger partial charge on any atom is -0.286 e. The molecule has 2 rings (SSSR count). The lowest BCUT2D eigenvalue weighted by Gasteiger charge is -2.42. The highest BCUT2D eigenvalue weighted by atomic mass is 32.2. The zero-order valence-electron chi connectivity index (χ0n) is 9.65. The SMILES string of the molecule is CCC(N1CCSCC1)N1CCSCC1.